The third-order valence-electron chi connectivity index (χ3n) is 3.34. The standard InChI is InChI=1S/C14H17ClN2O3/c1-14(9-20-2)12(18)17(13(19)16-14)8-7-10-5-3-4-6-11(10)15/h3-6H,7-9H2,1-2H3,(H,16,19)/t14-/m0/s1. The van der Waals surface area contributed by atoms with Gasteiger partial charge >= 0.3 is 6.03 Å². The van der Waals surface area contributed by atoms with Crippen LogP contribution < -0.4 is 5.32 Å². The Hall–Kier alpha value is -1.59. The van der Waals surface area contributed by atoms with Crippen molar-refractivity contribution in [1.82, 2.24) is 10.2 Å². The molecule has 0 aromatic heterocycles. The number of nitrogens with one attached hydrogen (secondary N) is 1. The number of urea groups is 1. The van der Waals surface area contributed by atoms with Crippen LogP contribution in [0.4, 0.5) is 4.79 Å². The monoisotopic (exact) mass is 296 g/mol. The fraction of sp³-hybridized carbons (Fsp3) is 0.429. The zero-order chi connectivity index (χ0) is 14.8. The van der Waals surface area contributed by atoms with Crippen molar-refractivity contribution in [3.63, 3.8) is 0 Å². The fourth-order valence-electron chi connectivity index (χ4n) is 2.27. The van der Waals surface area contributed by atoms with E-state index in [2.05, 4.69) is 5.32 Å². The number of amides is 3. The van der Waals surface area contributed by atoms with E-state index in [1.54, 1.807) is 13.0 Å². The second-order valence-corrected chi connectivity index (χ2v) is 5.40. The third-order valence-corrected chi connectivity index (χ3v) is 3.71. The van der Waals surface area contributed by atoms with Crippen LogP contribution in [0.1, 0.15) is 12.5 Å². The molecule has 1 aromatic rings. The summed E-state index contributed by atoms with van der Waals surface area (Å²) in [4.78, 5) is 25.4. The number of benzene rings is 1. The zero-order valence-corrected chi connectivity index (χ0v) is 12.2. The van der Waals surface area contributed by atoms with Gasteiger partial charge in [0, 0.05) is 18.7 Å². The van der Waals surface area contributed by atoms with E-state index in [1.165, 1.54) is 12.0 Å². The van der Waals surface area contributed by atoms with Gasteiger partial charge in [0.1, 0.15) is 5.54 Å². The Bertz CT molecular complexity index is 535. The number of rotatable bonds is 5. The molecule has 0 aliphatic carbocycles. The van der Waals surface area contributed by atoms with Gasteiger partial charge in [0.2, 0.25) is 0 Å². The van der Waals surface area contributed by atoms with Gasteiger partial charge in [-0.05, 0) is 25.0 Å². The van der Waals surface area contributed by atoms with E-state index in [9.17, 15) is 9.59 Å². The molecule has 1 N–H and O–H groups in total. The number of carbonyl (C=O) groups excluding carboxylic acids is 2. The number of hydrogen-bond donors (Lipinski definition) is 1. The normalized spacial score (nSPS) is 22.2. The van der Waals surface area contributed by atoms with Crippen molar-refractivity contribution in [2.45, 2.75) is 18.9 Å². The van der Waals surface area contributed by atoms with Crippen molar-refractivity contribution < 1.29 is 14.3 Å². The van der Waals surface area contributed by atoms with Gasteiger partial charge in [-0.1, -0.05) is 29.8 Å². The van der Waals surface area contributed by atoms with Crippen LogP contribution in [0.3, 0.4) is 0 Å². The summed E-state index contributed by atoms with van der Waals surface area (Å²) in [5.74, 6) is -0.267. The van der Waals surface area contributed by atoms with Crippen LogP contribution in [0.25, 0.3) is 0 Å². The molecular formula is C14H17ClN2O3. The minimum Gasteiger partial charge on any atom is -0.382 e. The van der Waals surface area contributed by atoms with Gasteiger partial charge in [-0.15, -0.1) is 0 Å². The first kappa shape index (κ1) is 14.8. The summed E-state index contributed by atoms with van der Waals surface area (Å²) < 4.78 is 4.99. The first-order chi connectivity index (χ1) is 9.48. The summed E-state index contributed by atoms with van der Waals surface area (Å²) >= 11 is 6.06. The van der Waals surface area contributed by atoms with E-state index >= 15 is 0 Å². The summed E-state index contributed by atoms with van der Waals surface area (Å²) in [7, 11) is 1.50. The maximum absolute atomic E-state index is 12.3. The molecule has 108 valence electrons. The van der Waals surface area contributed by atoms with Crippen LogP contribution in [0, 0.1) is 0 Å². The van der Waals surface area contributed by atoms with Crippen LogP contribution >= 0.6 is 11.6 Å². The van der Waals surface area contributed by atoms with E-state index in [-0.39, 0.29) is 18.5 Å². The quantitative estimate of drug-likeness (QED) is 0.844. The first-order valence-electron chi connectivity index (χ1n) is 6.34. The molecule has 5 nitrogen and oxygen atoms in total. The molecule has 1 aliphatic rings. The minimum atomic E-state index is -0.980. The summed E-state index contributed by atoms with van der Waals surface area (Å²) in [5, 5.41) is 3.30. The lowest BCUT2D eigenvalue weighted by atomic mass is 10.0. The predicted molar refractivity (Wildman–Crippen MR) is 75.7 cm³/mol. The summed E-state index contributed by atoms with van der Waals surface area (Å²) in [5.41, 5.74) is -0.0677. The largest absolute Gasteiger partial charge is 0.382 e. The Kier molecular flexibility index (Phi) is 4.30. The number of imide groups is 1. The van der Waals surface area contributed by atoms with Gasteiger partial charge in [-0.25, -0.2) is 4.79 Å². The Labute approximate surface area is 122 Å². The second kappa shape index (κ2) is 5.81. The maximum atomic E-state index is 12.3. The fourth-order valence-corrected chi connectivity index (χ4v) is 2.50. The van der Waals surface area contributed by atoms with Crippen LogP contribution in [-0.4, -0.2) is 42.6 Å². The lowest BCUT2D eigenvalue weighted by Gasteiger charge is -2.20. The van der Waals surface area contributed by atoms with Crippen molar-refractivity contribution in [3.05, 3.63) is 34.9 Å². The van der Waals surface area contributed by atoms with Crippen molar-refractivity contribution in [2.75, 3.05) is 20.3 Å². The average molecular weight is 297 g/mol. The molecule has 0 unspecified atom stereocenters. The molecule has 6 heteroatoms. The number of carbonyl (C=O) groups is 2. The highest BCUT2D eigenvalue weighted by atomic mass is 35.5. The smallest absolute Gasteiger partial charge is 0.325 e. The van der Waals surface area contributed by atoms with Gasteiger partial charge in [0.05, 0.1) is 6.61 Å². The molecule has 0 saturated carbocycles. The van der Waals surface area contributed by atoms with E-state index < -0.39 is 5.54 Å². The second-order valence-electron chi connectivity index (χ2n) is 4.99. The molecule has 0 bridgehead atoms. The van der Waals surface area contributed by atoms with Crippen molar-refractivity contribution >= 4 is 23.5 Å². The SMILES string of the molecule is COC[C@]1(C)NC(=O)N(CCc2ccccc2Cl)C1=O. The summed E-state index contributed by atoms with van der Waals surface area (Å²) in [6.07, 6.45) is 0.530. The molecule has 20 heavy (non-hydrogen) atoms. The number of methoxy groups -OCH3 is 1. The lowest BCUT2D eigenvalue weighted by Crippen LogP contribution is -2.48. The van der Waals surface area contributed by atoms with Crippen molar-refractivity contribution in [1.29, 1.82) is 0 Å². The number of halogens is 1. The molecule has 1 fully saturated rings. The predicted octanol–water partition coefficient (Wildman–Crippen LogP) is 1.84. The van der Waals surface area contributed by atoms with Gasteiger partial charge < -0.3 is 10.1 Å². The van der Waals surface area contributed by atoms with Gasteiger partial charge in [0.25, 0.3) is 5.91 Å². The molecule has 1 saturated heterocycles. The van der Waals surface area contributed by atoms with E-state index in [4.69, 9.17) is 16.3 Å². The van der Waals surface area contributed by atoms with Gasteiger partial charge in [0.15, 0.2) is 0 Å². The Morgan fingerprint density at radius 1 is 1.35 bits per heavy atom. The van der Waals surface area contributed by atoms with E-state index in [1.807, 2.05) is 18.2 Å². The summed E-state index contributed by atoms with van der Waals surface area (Å²) in [6.45, 7) is 2.11. The first-order valence-corrected chi connectivity index (χ1v) is 6.72. The molecule has 1 aromatic carbocycles. The highest BCUT2D eigenvalue weighted by molar-refractivity contribution is 6.31. The van der Waals surface area contributed by atoms with Crippen molar-refractivity contribution in [2.24, 2.45) is 0 Å². The minimum absolute atomic E-state index is 0.153. The molecule has 2 rings (SSSR count). The van der Waals surface area contributed by atoms with Crippen LogP contribution in [0.15, 0.2) is 24.3 Å². The van der Waals surface area contributed by atoms with Gasteiger partial charge in [-0.3, -0.25) is 9.69 Å². The highest BCUT2D eigenvalue weighted by Gasteiger charge is 2.47. The van der Waals surface area contributed by atoms with Crippen molar-refractivity contribution in [3.8, 4) is 0 Å². The average Bonchev–Trinajstić information content (AvgIpc) is 2.60. The Balaban J connectivity index is 2.05. The molecule has 1 heterocycles. The van der Waals surface area contributed by atoms with Crippen LogP contribution in [0.2, 0.25) is 5.02 Å². The maximum Gasteiger partial charge on any atom is 0.325 e. The molecule has 1 aliphatic heterocycles. The topological polar surface area (TPSA) is 58.6 Å². The Morgan fingerprint density at radius 3 is 2.70 bits per heavy atom. The lowest BCUT2D eigenvalue weighted by molar-refractivity contribution is -0.132. The molecular weight excluding hydrogens is 280 g/mol. The molecule has 0 radical (unpaired) electrons. The number of ether oxygens (including phenoxy) is 1. The van der Waals surface area contributed by atoms with E-state index in [0.29, 0.717) is 18.0 Å². The zero-order valence-electron chi connectivity index (χ0n) is 11.5. The third kappa shape index (κ3) is 2.78. The van der Waals surface area contributed by atoms with Crippen LogP contribution in [-0.2, 0) is 16.0 Å². The molecule has 3 amide bonds. The Morgan fingerprint density at radius 2 is 2.05 bits per heavy atom. The molecule has 0 spiro atoms. The molecule has 1 atom stereocenters. The van der Waals surface area contributed by atoms with E-state index in [0.717, 1.165) is 5.56 Å². The van der Waals surface area contributed by atoms with Gasteiger partial charge in [-0.2, -0.15) is 0 Å². The number of nitrogens with zero attached hydrogens (tertiary/aromatic N) is 1. The number of hydrogen-bond acceptors (Lipinski definition) is 3. The summed E-state index contributed by atoms with van der Waals surface area (Å²) in [6, 6.07) is 7.01. The van der Waals surface area contributed by atoms with Crippen LogP contribution in [0.5, 0.6) is 0 Å². The highest BCUT2D eigenvalue weighted by Crippen LogP contribution is 2.20.